The maximum Gasteiger partial charge on any atom is 0.232 e. The quantitative estimate of drug-likeness (QED) is 0.544. The number of halogens is 2. The first-order chi connectivity index (χ1) is 16.0. The lowest BCUT2D eigenvalue weighted by Crippen LogP contribution is -2.47. The van der Waals surface area contributed by atoms with E-state index in [9.17, 15) is 4.39 Å². The van der Waals surface area contributed by atoms with Crippen LogP contribution >= 0.6 is 11.6 Å². The van der Waals surface area contributed by atoms with Crippen molar-refractivity contribution in [3.63, 3.8) is 0 Å². The van der Waals surface area contributed by atoms with E-state index in [1.165, 1.54) is 6.07 Å². The van der Waals surface area contributed by atoms with Crippen LogP contribution in [0.4, 0.5) is 4.39 Å². The Bertz CT molecular complexity index is 951. The molecule has 0 bridgehead atoms. The van der Waals surface area contributed by atoms with Crippen LogP contribution in [0.2, 0.25) is 5.02 Å². The molecule has 0 aromatic heterocycles. The molecule has 7 heteroatoms. The molecule has 1 saturated heterocycles. The Kier molecular flexibility index (Phi) is 8.12. The van der Waals surface area contributed by atoms with E-state index in [1.54, 1.807) is 24.7 Å². The first-order valence-electron chi connectivity index (χ1n) is 11.8. The topological polar surface area (TPSA) is 51.0 Å². The average Bonchev–Trinajstić information content (AvgIpc) is 2.85. The van der Waals surface area contributed by atoms with Gasteiger partial charge in [0.15, 0.2) is 12.0 Å². The van der Waals surface area contributed by atoms with Crippen LogP contribution < -0.4 is 5.73 Å². The molecule has 1 aromatic rings. The fourth-order valence-electron chi connectivity index (χ4n) is 4.69. The molecule has 33 heavy (non-hydrogen) atoms. The summed E-state index contributed by atoms with van der Waals surface area (Å²) in [5.74, 6) is 1.05. The van der Waals surface area contributed by atoms with Gasteiger partial charge in [-0.3, -0.25) is 0 Å². The van der Waals surface area contributed by atoms with Gasteiger partial charge in [0, 0.05) is 42.3 Å². The second kappa shape index (κ2) is 11.2. The van der Waals surface area contributed by atoms with E-state index < -0.39 is 0 Å². The minimum Gasteiger partial charge on any atom is -0.463 e. The molecule has 0 spiro atoms. The highest BCUT2D eigenvalue weighted by Crippen LogP contribution is 2.32. The van der Waals surface area contributed by atoms with Crippen LogP contribution in [-0.2, 0) is 16.0 Å². The summed E-state index contributed by atoms with van der Waals surface area (Å²) >= 11 is 6.18. The van der Waals surface area contributed by atoms with Crippen LogP contribution in [0.25, 0.3) is 0 Å². The number of piperidine rings is 1. The molecule has 5 nitrogen and oxygen atoms in total. The molecule has 1 aromatic carbocycles. The largest absolute Gasteiger partial charge is 0.463 e. The number of nitrogens with two attached hydrogens (primary N) is 1. The van der Waals surface area contributed by atoms with E-state index in [4.69, 9.17) is 26.8 Å². The molecule has 0 radical (unpaired) electrons. The maximum atomic E-state index is 14.7. The van der Waals surface area contributed by atoms with Gasteiger partial charge in [0.05, 0.1) is 0 Å². The molecule has 4 rings (SSSR count). The van der Waals surface area contributed by atoms with Crippen molar-refractivity contribution in [2.45, 2.75) is 57.7 Å². The fraction of sp³-hybridized carbons (Fsp3) is 0.462. The lowest BCUT2D eigenvalue weighted by atomic mass is 10.00. The molecule has 0 amide bonds. The standard InChI is InChI=1S/C26H33ClFN3O2/c1-19(9-12-29)30-13-10-23(11-14-30)31(16-21-15-22(27)7-8-24(21)28)26-18-32-17-25(33-26)20-5-3-2-4-6-20/h2-3,5,7-8,15,17-19,23H,4,6,9-14,16,29H2,1H3. The number of rotatable bonds is 8. The first kappa shape index (κ1) is 23.9. The maximum absolute atomic E-state index is 14.7. The summed E-state index contributed by atoms with van der Waals surface area (Å²) in [6, 6.07) is 5.34. The Hall–Kier alpha value is -2.28. The predicted molar refractivity (Wildman–Crippen MR) is 129 cm³/mol. The van der Waals surface area contributed by atoms with Crippen LogP contribution in [-0.4, -0.2) is 41.5 Å². The third-order valence-electron chi connectivity index (χ3n) is 6.67. The number of ether oxygens (including phenoxy) is 2. The highest BCUT2D eigenvalue weighted by Gasteiger charge is 2.31. The van der Waals surface area contributed by atoms with Crippen molar-refractivity contribution in [3.8, 4) is 0 Å². The van der Waals surface area contributed by atoms with E-state index in [0.717, 1.165) is 50.8 Å². The molecule has 1 unspecified atom stereocenters. The minimum absolute atomic E-state index is 0.194. The summed E-state index contributed by atoms with van der Waals surface area (Å²) in [6.07, 6.45) is 14.3. The number of benzene rings is 1. The highest BCUT2D eigenvalue weighted by molar-refractivity contribution is 6.30. The van der Waals surface area contributed by atoms with Crippen molar-refractivity contribution < 1.29 is 13.9 Å². The zero-order chi connectivity index (χ0) is 23.2. The highest BCUT2D eigenvalue weighted by atomic mass is 35.5. The minimum atomic E-state index is -0.272. The van der Waals surface area contributed by atoms with Gasteiger partial charge in [-0.1, -0.05) is 29.8 Å². The van der Waals surface area contributed by atoms with Gasteiger partial charge in [0.1, 0.15) is 12.1 Å². The normalized spacial score (nSPS) is 20.3. The van der Waals surface area contributed by atoms with Crippen LogP contribution in [0.1, 0.15) is 44.6 Å². The van der Waals surface area contributed by atoms with E-state index in [1.807, 2.05) is 6.08 Å². The van der Waals surface area contributed by atoms with Gasteiger partial charge in [-0.25, -0.2) is 4.39 Å². The summed E-state index contributed by atoms with van der Waals surface area (Å²) in [6.45, 7) is 5.22. The van der Waals surface area contributed by atoms with Gasteiger partial charge in [-0.2, -0.15) is 0 Å². The Morgan fingerprint density at radius 2 is 2.09 bits per heavy atom. The molecule has 2 N–H and O–H groups in total. The predicted octanol–water partition coefficient (Wildman–Crippen LogP) is 5.45. The smallest absolute Gasteiger partial charge is 0.232 e. The lowest BCUT2D eigenvalue weighted by Gasteiger charge is -2.42. The van der Waals surface area contributed by atoms with Crippen molar-refractivity contribution in [1.82, 2.24) is 9.80 Å². The van der Waals surface area contributed by atoms with Gasteiger partial charge in [-0.15, -0.1) is 0 Å². The third-order valence-corrected chi connectivity index (χ3v) is 6.90. The van der Waals surface area contributed by atoms with Crippen LogP contribution in [0.5, 0.6) is 0 Å². The summed E-state index contributed by atoms with van der Waals surface area (Å²) < 4.78 is 26.7. The molecule has 2 heterocycles. The van der Waals surface area contributed by atoms with Crippen molar-refractivity contribution >= 4 is 11.6 Å². The Balaban J connectivity index is 1.53. The average molecular weight is 474 g/mol. The number of hydrogen-bond donors (Lipinski definition) is 1. The summed E-state index contributed by atoms with van der Waals surface area (Å²) in [4.78, 5) is 4.62. The molecule has 0 saturated carbocycles. The van der Waals surface area contributed by atoms with Crippen molar-refractivity contribution in [3.05, 3.63) is 82.6 Å². The van der Waals surface area contributed by atoms with Crippen LogP contribution in [0, 0.1) is 5.82 Å². The second-order valence-corrected chi connectivity index (χ2v) is 9.33. The zero-order valence-corrected chi connectivity index (χ0v) is 19.9. The molecule has 1 aliphatic carbocycles. The Morgan fingerprint density at radius 1 is 1.27 bits per heavy atom. The summed E-state index contributed by atoms with van der Waals surface area (Å²) in [7, 11) is 0. The molecule has 1 atom stereocenters. The van der Waals surface area contributed by atoms with Gasteiger partial charge in [0.25, 0.3) is 0 Å². The summed E-state index contributed by atoms with van der Waals surface area (Å²) in [5.41, 5.74) is 7.41. The Labute approximate surface area is 201 Å². The van der Waals surface area contributed by atoms with Gasteiger partial charge in [-0.05, 0) is 69.3 Å². The van der Waals surface area contributed by atoms with E-state index in [0.29, 0.717) is 41.4 Å². The van der Waals surface area contributed by atoms with Crippen molar-refractivity contribution in [1.29, 1.82) is 0 Å². The number of nitrogens with zero attached hydrogens (tertiary/aromatic N) is 2. The van der Waals surface area contributed by atoms with Crippen LogP contribution in [0.15, 0.2) is 66.2 Å². The van der Waals surface area contributed by atoms with E-state index in [2.05, 4.69) is 28.9 Å². The number of allylic oxidation sites excluding steroid dienone is 4. The first-order valence-corrected chi connectivity index (χ1v) is 12.2. The van der Waals surface area contributed by atoms with E-state index >= 15 is 0 Å². The number of hydrogen-bond acceptors (Lipinski definition) is 5. The van der Waals surface area contributed by atoms with Gasteiger partial charge < -0.3 is 25.0 Å². The van der Waals surface area contributed by atoms with Gasteiger partial charge in [0.2, 0.25) is 5.88 Å². The van der Waals surface area contributed by atoms with Crippen LogP contribution in [0.3, 0.4) is 0 Å². The molecule has 1 fully saturated rings. The third kappa shape index (κ3) is 5.99. The second-order valence-electron chi connectivity index (χ2n) is 8.89. The molecular weight excluding hydrogens is 441 g/mol. The lowest BCUT2D eigenvalue weighted by molar-refractivity contribution is 0.0475. The SMILES string of the molecule is CC(CCN)N1CCC(N(Cc2cc(Cl)ccc2F)C2=COC=C(C3=CC=CCC3)O2)CC1. The van der Waals surface area contributed by atoms with Crippen molar-refractivity contribution in [2.75, 3.05) is 19.6 Å². The van der Waals surface area contributed by atoms with Crippen molar-refractivity contribution in [2.24, 2.45) is 5.73 Å². The van der Waals surface area contributed by atoms with E-state index in [-0.39, 0.29) is 11.9 Å². The summed E-state index contributed by atoms with van der Waals surface area (Å²) in [5, 5.41) is 0.520. The zero-order valence-electron chi connectivity index (χ0n) is 19.2. The molecule has 3 aliphatic rings. The van der Waals surface area contributed by atoms with Gasteiger partial charge >= 0.3 is 0 Å². The number of likely N-dealkylation sites (tertiary alicyclic amines) is 1. The molecular formula is C26H33ClFN3O2. The molecule has 178 valence electrons. The molecule has 2 aliphatic heterocycles. The fourth-order valence-corrected chi connectivity index (χ4v) is 4.88. The monoisotopic (exact) mass is 473 g/mol. The Morgan fingerprint density at radius 3 is 2.82 bits per heavy atom.